The molecular weight excluding hydrogens is 415 g/mol. The van der Waals surface area contributed by atoms with Gasteiger partial charge >= 0.3 is 0 Å². The van der Waals surface area contributed by atoms with Crippen LogP contribution in [-0.2, 0) is 22.6 Å². The number of nitrogens with one attached hydrogen (secondary N) is 1. The zero-order valence-electron chi connectivity index (χ0n) is 18.3. The van der Waals surface area contributed by atoms with Crippen molar-refractivity contribution in [3.05, 3.63) is 41.2 Å². The SMILES string of the molecule is Cc1nonc1CN(C)C(=O)CC1CCCN(C(=O)CCc2nc3ccc(F)cc3[nH]2)C1. The van der Waals surface area contributed by atoms with Gasteiger partial charge in [-0.05, 0) is 43.9 Å². The van der Waals surface area contributed by atoms with E-state index in [2.05, 4.69) is 24.9 Å². The van der Waals surface area contributed by atoms with Crippen LogP contribution in [0.1, 0.15) is 42.9 Å². The van der Waals surface area contributed by atoms with E-state index in [1.807, 2.05) is 4.90 Å². The number of carbonyl (C=O) groups excluding carboxylic acids is 2. The molecule has 0 aliphatic carbocycles. The number of H-pyrrole nitrogens is 1. The maximum absolute atomic E-state index is 13.3. The van der Waals surface area contributed by atoms with Crippen LogP contribution < -0.4 is 0 Å². The molecule has 0 radical (unpaired) electrons. The summed E-state index contributed by atoms with van der Waals surface area (Å²) >= 11 is 0. The summed E-state index contributed by atoms with van der Waals surface area (Å²) < 4.78 is 18.0. The van der Waals surface area contributed by atoms with Gasteiger partial charge in [0.05, 0.1) is 17.6 Å². The van der Waals surface area contributed by atoms with Gasteiger partial charge in [0.25, 0.3) is 0 Å². The molecule has 1 aromatic carbocycles. The molecular formula is C22H27FN6O3. The number of rotatable bonds is 7. The van der Waals surface area contributed by atoms with Crippen molar-refractivity contribution in [2.75, 3.05) is 20.1 Å². The van der Waals surface area contributed by atoms with E-state index in [1.165, 1.54) is 12.1 Å². The fraction of sp³-hybridized carbons (Fsp3) is 0.500. The first-order valence-corrected chi connectivity index (χ1v) is 10.8. The molecule has 2 aromatic heterocycles. The molecule has 1 aliphatic heterocycles. The van der Waals surface area contributed by atoms with Crippen LogP contribution in [0.3, 0.4) is 0 Å². The maximum atomic E-state index is 13.3. The van der Waals surface area contributed by atoms with Gasteiger partial charge in [-0.15, -0.1) is 0 Å². The third kappa shape index (κ3) is 5.12. The standard InChI is InChI=1S/C22H27FN6O3/c1-14-19(27-32-26-14)13-28(2)22(31)10-15-4-3-9-29(12-15)21(30)8-7-20-24-17-6-5-16(23)11-18(17)25-20/h5-6,11,15H,3-4,7-10,12-13H2,1-2H3,(H,24,25). The van der Waals surface area contributed by atoms with E-state index in [9.17, 15) is 14.0 Å². The summed E-state index contributed by atoms with van der Waals surface area (Å²) in [5.41, 5.74) is 2.64. The van der Waals surface area contributed by atoms with Gasteiger partial charge in [-0.1, -0.05) is 10.3 Å². The van der Waals surface area contributed by atoms with Gasteiger partial charge in [0.1, 0.15) is 23.0 Å². The molecule has 1 unspecified atom stereocenters. The number of halogens is 1. The predicted octanol–water partition coefficient (Wildman–Crippen LogP) is 2.61. The minimum atomic E-state index is -0.323. The van der Waals surface area contributed by atoms with Gasteiger partial charge in [0.2, 0.25) is 11.8 Å². The second-order valence-corrected chi connectivity index (χ2v) is 8.44. The lowest BCUT2D eigenvalue weighted by Crippen LogP contribution is -2.41. The first-order chi connectivity index (χ1) is 15.4. The first kappa shape index (κ1) is 21.9. The van der Waals surface area contributed by atoms with Crippen molar-refractivity contribution < 1.29 is 18.6 Å². The molecule has 4 rings (SSSR count). The number of hydrogen-bond donors (Lipinski definition) is 1. The summed E-state index contributed by atoms with van der Waals surface area (Å²) in [4.78, 5) is 36.4. The number of nitrogens with zero attached hydrogens (tertiary/aromatic N) is 5. The van der Waals surface area contributed by atoms with E-state index in [-0.39, 0.29) is 23.5 Å². The summed E-state index contributed by atoms with van der Waals surface area (Å²) in [5.74, 6) is 0.541. The fourth-order valence-electron chi connectivity index (χ4n) is 4.10. The van der Waals surface area contributed by atoms with Crippen LogP contribution >= 0.6 is 0 Å². The van der Waals surface area contributed by atoms with E-state index in [1.54, 1.807) is 24.9 Å². The van der Waals surface area contributed by atoms with Crippen molar-refractivity contribution in [3.8, 4) is 0 Å². The molecule has 10 heteroatoms. The van der Waals surface area contributed by atoms with Gasteiger partial charge in [0.15, 0.2) is 0 Å². The number of fused-ring (bicyclic) bond motifs is 1. The Balaban J connectivity index is 1.27. The average molecular weight is 442 g/mol. The first-order valence-electron chi connectivity index (χ1n) is 10.8. The Bertz CT molecular complexity index is 1110. The predicted molar refractivity (Wildman–Crippen MR) is 114 cm³/mol. The number of amides is 2. The molecule has 0 bridgehead atoms. The molecule has 170 valence electrons. The van der Waals surface area contributed by atoms with Gasteiger partial charge in [0, 0.05) is 39.4 Å². The zero-order valence-corrected chi connectivity index (χ0v) is 18.3. The number of carbonyl (C=O) groups is 2. The van der Waals surface area contributed by atoms with Crippen LogP contribution in [0.5, 0.6) is 0 Å². The highest BCUT2D eigenvalue weighted by Crippen LogP contribution is 2.22. The summed E-state index contributed by atoms with van der Waals surface area (Å²) in [6, 6.07) is 4.39. The van der Waals surface area contributed by atoms with Crippen molar-refractivity contribution in [3.63, 3.8) is 0 Å². The molecule has 3 heterocycles. The summed E-state index contributed by atoms with van der Waals surface area (Å²) in [5, 5.41) is 7.56. The molecule has 0 saturated carbocycles. The second kappa shape index (κ2) is 9.46. The fourth-order valence-corrected chi connectivity index (χ4v) is 4.10. The lowest BCUT2D eigenvalue weighted by molar-refractivity contribution is -0.136. The summed E-state index contributed by atoms with van der Waals surface area (Å²) in [6.45, 7) is 3.42. The van der Waals surface area contributed by atoms with Crippen LogP contribution in [0.25, 0.3) is 11.0 Å². The molecule has 32 heavy (non-hydrogen) atoms. The van der Waals surface area contributed by atoms with Gasteiger partial charge < -0.3 is 14.8 Å². The van der Waals surface area contributed by atoms with E-state index < -0.39 is 0 Å². The molecule has 1 N–H and O–H groups in total. The van der Waals surface area contributed by atoms with E-state index in [4.69, 9.17) is 0 Å². The lowest BCUT2D eigenvalue weighted by atomic mass is 9.94. The van der Waals surface area contributed by atoms with Crippen molar-refractivity contribution in [1.29, 1.82) is 0 Å². The molecule has 1 atom stereocenters. The number of aryl methyl sites for hydroxylation is 2. The highest BCUT2D eigenvalue weighted by atomic mass is 19.1. The number of likely N-dealkylation sites (tertiary alicyclic amines) is 1. The largest absolute Gasteiger partial charge is 0.342 e. The van der Waals surface area contributed by atoms with Crippen LogP contribution in [0.2, 0.25) is 0 Å². The van der Waals surface area contributed by atoms with Crippen molar-refractivity contribution >= 4 is 22.8 Å². The molecule has 2 amide bonds. The molecule has 1 fully saturated rings. The number of hydrogen-bond acceptors (Lipinski definition) is 6. The topological polar surface area (TPSA) is 108 Å². The lowest BCUT2D eigenvalue weighted by Gasteiger charge is -2.33. The van der Waals surface area contributed by atoms with Crippen LogP contribution in [0, 0.1) is 18.7 Å². The Morgan fingerprint density at radius 2 is 2.19 bits per heavy atom. The number of aromatic nitrogens is 4. The number of aromatic amines is 1. The molecule has 3 aromatic rings. The minimum absolute atomic E-state index is 0.0150. The van der Waals surface area contributed by atoms with E-state index >= 15 is 0 Å². The third-order valence-corrected chi connectivity index (χ3v) is 5.96. The quantitative estimate of drug-likeness (QED) is 0.603. The smallest absolute Gasteiger partial charge is 0.223 e. The van der Waals surface area contributed by atoms with Gasteiger partial charge in [-0.2, -0.15) is 0 Å². The van der Waals surface area contributed by atoms with E-state index in [0.29, 0.717) is 67.1 Å². The van der Waals surface area contributed by atoms with Gasteiger partial charge in [-0.25, -0.2) is 14.0 Å². The summed E-state index contributed by atoms with van der Waals surface area (Å²) in [7, 11) is 1.74. The number of piperidine rings is 1. The Morgan fingerprint density at radius 3 is 2.97 bits per heavy atom. The third-order valence-electron chi connectivity index (χ3n) is 5.96. The molecule has 0 spiro atoms. The number of imidazole rings is 1. The van der Waals surface area contributed by atoms with E-state index in [0.717, 1.165) is 12.8 Å². The summed E-state index contributed by atoms with van der Waals surface area (Å²) in [6.07, 6.45) is 2.97. The second-order valence-electron chi connectivity index (χ2n) is 8.44. The Kier molecular flexibility index (Phi) is 6.48. The average Bonchev–Trinajstić information content (AvgIpc) is 3.37. The highest BCUT2D eigenvalue weighted by molar-refractivity contribution is 5.78. The normalized spacial score (nSPS) is 16.5. The van der Waals surface area contributed by atoms with Crippen LogP contribution in [0.15, 0.2) is 22.8 Å². The van der Waals surface area contributed by atoms with Crippen molar-refractivity contribution in [2.24, 2.45) is 5.92 Å². The molecule has 9 nitrogen and oxygen atoms in total. The monoisotopic (exact) mass is 442 g/mol. The zero-order chi connectivity index (χ0) is 22.7. The van der Waals surface area contributed by atoms with Crippen LogP contribution in [0.4, 0.5) is 4.39 Å². The Morgan fingerprint density at radius 1 is 1.34 bits per heavy atom. The minimum Gasteiger partial charge on any atom is -0.342 e. The maximum Gasteiger partial charge on any atom is 0.223 e. The molecule has 1 saturated heterocycles. The van der Waals surface area contributed by atoms with Gasteiger partial charge in [-0.3, -0.25) is 9.59 Å². The van der Waals surface area contributed by atoms with Crippen molar-refractivity contribution in [1.82, 2.24) is 30.1 Å². The Hall–Kier alpha value is -3.30. The van der Waals surface area contributed by atoms with Crippen molar-refractivity contribution in [2.45, 2.75) is 45.6 Å². The Labute approximate surface area is 184 Å². The number of benzene rings is 1. The molecule has 1 aliphatic rings. The highest BCUT2D eigenvalue weighted by Gasteiger charge is 2.26. The van der Waals surface area contributed by atoms with Crippen LogP contribution in [-0.4, -0.2) is 62.0 Å².